The third kappa shape index (κ3) is 2.09. The fourth-order valence-electron chi connectivity index (χ4n) is 6.03. The second-order valence-electron chi connectivity index (χ2n) is 9.12. The maximum Gasteiger partial charge on any atom is 0.266 e. The fraction of sp³-hybridized carbons (Fsp3) is 0. The van der Waals surface area contributed by atoms with Gasteiger partial charge in [0, 0.05) is 28.4 Å². The van der Waals surface area contributed by atoms with Gasteiger partial charge in [0.2, 0.25) is 0 Å². The highest BCUT2D eigenvalue weighted by Gasteiger charge is 2.47. The van der Waals surface area contributed by atoms with Crippen molar-refractivity contribution in [3.05, 3.63) is 91.1 Å². The first-order valence-corrected chi connectivity index (χ1v) is 11.7. The SMILES string of the molecule is c1cc2c3c(c1)Oc1cccc4c1B3c1c(cccc1N4c1ccnc3c1oc1ccccc13)O2. The number of nitrogens with zero attached hydrogens (tertiary/aromatic N) is 2. The molecule has 0 fully saturated rings. The molecule has 3 aliphatic rings. The molecule has 0 atom stereocenters. The lowest BCUT2D eigenvalue weighted by atomic mass is 9.33. The van der Waals surface area contributed by atoms with E-state index in [1.807, 2.05) is 48.7 Å². The maximum atomic E-state index is 6.43. The summed E-state index contributed by atoms with van der Waals surface area (Å²) >= 11 is 0. The molecule has 0 radical (unpaired) electrons. The molecule has 0 saturated heterocycles. The van der Waals surface area contributed by atoms with Gasteiger partial charge in [-0.2, -0.15) is 0 Å². The van der Waals surface area contributed by atoms with Gasteiger partial charge in [-0.3, -0.25) is 4.98 Å². The summed E-state index contributed by atoms with van der Waals surface area (Å²) in [6.45, 7) is 0.0466. The lowest BCUT2D eigenvalue weighted by Crippen LogP contribution is -2.61. The average molecular weight is 450 g/mol. The zero-order valence-electron chi connectivity index (χ0n) is 18.4. The van der Waals surface area contributed by atoms with Crippen LogP contribution in [-0.4, -0.2) is 11.7 Å². The molecule has 0 N–H and O–H groups in total. The molecule has 0 spiro atoms. The first-order chi connectivity index (χ1) is 17.4. The van der Waals surface area contributed by atoms with Gasteiger partial charge in [0.1, 0.15) is 34.1 Å². The highest BCUT2D eigenvalue weighted by Crippen LogP contribution is 2.47. The molecule has 35 heavy (non-hydrogen) atoms. The first-order valence-electron chi connectivity index (χ1n) is 11.7. The Hall–Kier alpha value is -4.71. The molecule has 0 saturated carbocycles. The minimum atomic E-state index is 0.0466. The highest BCUT2D eigenvalue weighted by molar-refractivity contribution is 7.00. The Labute approximate surface area is 200 Å². The quantitative estimate of drug-likeness (QED) is 0.310. The van der Waals surface area contributed by atoms with Crippen molar-refractivity contribution in [2.45, 2.75) is 0 Å². The predicted molar refractivity (Wildman–Crippen MR) is 137 cm³/mol. The van der Waals surface area contributed by atoms with Crippen molar-refractivity contribution in [2.75, 3.05) is 4.90 Å². The van der Waals surface area contributed by atoms with E-state index in [1.54, 1.807) is 0 Å². The van der Waals surface area contributed by atoms with Crippen LogP contribution >= 0.6 is 0 Å². The number of pyridine rings is 1. The molecule has 162 valence electrons. The van der Waals surface area contributed by atoms with Crippen molar-refractivity contribution < 1.29 is 13.9 Å². The van der Waals surface area contributed by atoms with E-state index in [4.69, 9.17) is 13.9 Å². The van der Waals surface area contributed by atoms with Crippen molar-refractivity contribution in [2.24, 2.45) is 0 Å². The molecule has 0 bridgehead atoms. The average Bonchev–Trinajstić information content (AvgIpc) is 3.28. The summed E-state index contributed by atoms with van der Waals surface area (Å²) in [7, 11) is 0. The Morgan fingerprint density at radius 2 is 1.23 bits per heavy atom. The summed E-state index contributed by atoms with van der Waals surface area (Å²) in [5, 5.41) is 1.01. The van der Waals surface area contributed by atoms with Crippen molar-refractivity contribution >= 4 is 62.2 Å². The van der Waals surface area contributed by atoms with Crippen LogP contribution in [0.25, 0.3) is 22.1 Å². The second kappa shape index (κ2) is 6.04. The Kier molecular flexibility index (Phi) is 3.06. The van der Waals surface area contributed by atoms with Crippen molar-refractivity contribution in [3.63, 3.8) is 0 Å². The summed E-state index contributed by atoms with van der Waals surface area (Å²) in [5.74, 6) is 3.46. The molecule has 3 aliphatic heterocycles. The highest BCUT2D eigenvalue weighted by atomic mass is 16.5. The van der Waals surface area contributed by atoms with E-state index in [9.17, 15) is 0 Å². The van der Waals surface area contributed by atoms with Gasteiger partial charge in [0.25, 0.3) is 6.71 Å². The summed E-state index contributed by atoms with van der Waals surface area (Å²) < 4.78 is 19.2. The summed E-state index contributed by atoms with van der Waals surface area (Å²) in [5.41, 5.74) is 8.93. The van der Waals surface area contributed by atoms with Crippen LogP contribution < -0.4 is 30.8 Å². The van der Waals surface area contributed by atoms with Crippen LogP contribution in [0, 0.1) is 0 Å². The number of furan rings is 1. The smallest absolute Gasteiger partial charge is 0.266 e. The Morgan fingerprint density at radius 3 is 1.94 bits per heavy atom. The number of fused-ring (bicyclic) bond motifs is 3. The molecule has 2 aromatic heterocycles. The van der Waals surface area contributed by atoms with Crippen LogP contribution in [0.5, 0.6) is 23.0 Å². The second-order valence-corrected chi connectivity index (χ2v) is 9.12. The molecule has 6 aromatic rings. The van der Waals surface area contributed by atoms with Gasteiger partial charge in [-0.1, -0.05) is 30.3 Å². The van der Waals surface area contributed by atoms with Crippen molar-refractivity contribution in [1.82, 2.24) is 4.98 Å². The van der Waals surface area contributed by atoms with Crippen LogP contribution in [-0.2, 0) is 0 Å². The largest absolute Gasteiger partial charge is 0.458 e. The summed E-state index contributed by atoms with van der Waals surface area (Å²) in [6, 6.07) is 28.7. The molecule has 0 amide bonds. The van der Waals surface area contributed by atoms with Gasteiger partial charge in [-0.05, 0) is 65.5 Å². The molecular formula is C29H15BN2O3. The third-order valence-electron chi connectivity index (χ3n) is 7.38. The molecule has 0 unspecified atom stereocenters. The zero-order chi connectivity index (χ0) is 22.7. The minimum Gasteiger partial charge on any atom is -0.458 e. The van der Waals surface area contributed by atoms with Crippen LogP contribution in [0.1, 0.15) is 0 Å². The van der Waals surface area contributed by atoms with E-state index < -0.39 is 0 Å². The topological polar surface area (TPSA) is 47.7 Å². The van der Waals surface area contributed by atoms with Gasteiger partial charge in [0.15, 0.2) is 5.58 Å². The van der Waals surface area contributed by atoms with Gasteiger partial charge < -0.3 is 18.8 Å². The molecule has 6 heteroatoms. The Morgan fingerprint density at radius 1 is 0.600 bits per heavy atom. The van der Waals surface area contributed by atoms with Crippen LogP contribution in [0.4, 0.5) is 17.1 Å². The number of hydrogen-bond acceptors (Lipinski definition) is 5. The molecule has 4 aromatic carbocycles. The van der Waals surface area contributed by atoms with Gasteiger partial charge in [-0.15, -0.1) is 0 Å². The number of para-hydroxylation sites is 1. The number of ether oxygens (including phenoxy) is 2. The number of aromatic nitrogens is 1. The fourth-order valence-corrected chi connectivity index (χ4v) is 6.03. The van der Waals surface area contributed by atoms with E-state index in [-0.39, 0.29) is 6.71 Å². The van der Waals surface area contributed by atoms with Gasteiger partial charge in [-0.25, -0.2) is 0 Å². The maximum absolute atomic E-state index is 6.43. The van der Waals surface area contributed by atoms with Gasteiger partial charge >= 0.3 is 0 Å². The predicted octanol–water partition coefficient (Wildman–Crippen LogP) is 5.49. The monoisotopic (exact) mass is 450 g/mol. The lowest BCUT2D eigenvalue weighted by molar-refractivity contribution is 0.464. The van der Waals surface area contributed by atoms with Crippen LogP contribution in [0.15, 0.2) is 95.5 Å². The van der Waals surface area contributed by atoms with E-state index in [0.717, 1.165) is 78.5 Å². The number of anilines is 3. The van der Waals surface area contributed by atoms with E-state index in [1.165, 1.54) is 0 Å². The summed E-state index contributed by atoms with van der Waals surface area (Å²) in [4.78, 5) is 6.95. The Bertz CT molecular complexity index is 1820. The van der Waals surface area contributed by atoms with E-state index >= 15 is 0 Å². The number of benzene rings is 4. The summed E-state index contributed by atoms with van der Waals surface area (Å²) in [6.07, 6.45) is 1.86. The van der Waals surface area contributed by atoms with E-state index in [2.05, 4.69) is 52.3 Å². The molecule has 5 heterocycles. The minimum absolute atomic E-state index is 0.0466. The van der Waals surface area contributed by atoms with Crippen molar-refractivity contribution in [3.8, 4) is 23.0 Å². The molecule has 0 aliphatic carbocycles. The normalized spacial score (nSPS) is 14.1. The standard InChI is InChI=1S/C29H15BN2O3/c1-2-9-20-16(6-1)28-29(35-20)19(14-15-31-28)32-17-7-3-10-21-25(17)30-26-18(32)8-4-11-22(26)34-24-13-5-12-23(33-21)27(24)30/h1-15H. The number of hydrogen-bond donors (Lipinski definition) is 0. The Balaban J connectivity index is 1.41. The third-order valence-corrected chi connectivity index (χ3v) is 7.38. The molecule has 5 nitrogen and oxygen atoms in total. The number of rotatable bonds is 1. The van der Waals surface area contributed by atoms with Crippen LogP contribution in [0.2, 0.25) is 0 Å². The zero-order valence-corrected chi connectivity index (χ0v) is 18.4. The van der Waals surface area contributed by atoms with Crippen LogP contribution in [0.3, 0.4) is 0 Å². The van der Waals surface area contributed by atoms with Gasteiger partial charge in [0.05, 0.1) is 5.69 Å². The molecule has 9 rings (SSSR count). The first kappa shape index (κ1) is 17.7. The lowest BCUT2D eigenvalue weighted by Gasteiger charge is -2.42. The van der Waals surface area contributed by atoms with E-state index in [0.29, 0.717) is 0 Å². The molecular weight excluding hydrogens is 435 g/mol. The van der Waals surface area contributed by atoms with Crippen molar-refractivity contribution in [1.29, 1.82) is 0 Å².